The van der Waals surface area contributed by atoms with Gasteiger partial charge in [0, 0.05) is 42.4 Å². The lowest BCUT2D eigenvalue weighted by Gasteiger charge is -2.25. The van der Waals surface area contributed by atoms with Gasteiger partial charge >= 0.3 is 17.9 Å². The summed E-state index contributed by atoms with van der Waals surface area (Å²) in [5, 5.41) is 10.9. The molecule has 1 N–H and O–H groups in total. The lowest BCUT2D eigenvalue weighted by Crippen LogP contribution is -2.16. The fourth-order valence-corrected chi connectivity index (χ4v) is 19.4. The van der Waals surface area contributed by atoms with Gasteiger partial charge in [-0.15, -0.1) is 0 Å². The lowest BCUT2D eigenvalue weighted by atomic mass is 9.86. The van der Waals surface area contributed by atoms with Crippen LogP contribution in [0.25, 0.3) is 0 Å². The molecule has 0 atom stereocenters. The van der Waals surface area contributed by atoms with Crippen molar-refractivity contribution >= 4 is 17.9 Å². The van der Waals surface area contributed by atoms with E-state index in [9.17, 15) is 19.5 Å². The molecule has 131 heavy (non-hydrogen) atoms. The Balaban J connectivity index is 1.68. The van der Waals surface area contributed by atoms with E-state index in [0.29, 0.717) is 42.4 Å². The summed E-state index contributed by atoms with van der Waals surface area (Å²) in [5.41, 5.74) is 14.1. The maximum absolute atomic E-state index is 13.2. The predicted molar refractivity (Wildman–Crippen MR) is 556 cm³/mol. The Morgan fingerprint density at radius 2 is 0.359 bits per heavy atom. The number of carbonyl (C=O) groups is 3. The van der Waals surface area contributed by atoms with Gasteiger partial charge in [-0.25, -0.2) is 14.4 Å². The van der Waals surface area contributed by atoms with E-state index in [-0.39, 0.29) is 52.9 Å². The zero-order valence-corrected chi connectivity index (χ0v) is 85.8. The molecule has 4 aromatic rings. The van der Waals surface area contributed by atoms with Crippen LogP contribution in [0.15, 0.2) is 85.0 Å². The summed E-state index contributed by atoms with van der Waals surface area (Å²) in [6.45, 7) is 26.4. The Morgan fingerprint density at radius 1 is 0.221 bits per heavy atom. The molecular formula is C120H196O11. The molecule has 742 valence electrons. The highest BCUT2D eigenvalue weighted by Gasteiger charge is 2.27. The molecule has 0 saturated heterocycles. The van der Waals surface area contributed by atoms with Crippen LogP contribution < -0.4 is 18.9 Å². The highest BCUT2D eigenvalue weighted by Crippen LogP contribution is 2.43. The molecule has 0 unspecified atom stereocenters. The van der Waals surface area contributed by atoms with E-state index in [0.717, 1.165) is 145 Å². The molecule has 11 nitrogen and oxygen atoms in total. The van der Waals surface area contributed by atoms with Gasteiger partial charge in [-0.1, -0.05) is 481 Å². The van der Waals surface area contributed by atoms with Gasteiger partial charge < -0.3 is 38.3 Å². The summed E-state index contributed by atoms with van der Waals surface area (Å²) in [6.07, 6.45) is 89.0. The topological polar surface area (TPSA) is 136 Å². The molecular weight excluding hydrogens is 1620 g/mol. The number of hydrogen-bond donors (Lipinski definition) is 1. The molecule has 0 amide bonds. The Bertz CT molecular complexity index is 3460. The second kappa shape index (κ2) is 77.8. The molecule has 8 bridgehead atoms. The van der Waals surface area contributed by atoms with Gasteiger partial charge in [0.05, 0.1) is 6.61 Å². The van der Waals surface area contributed by atoms with Gasteiger partial charge in [-0.3, -0.25) is 0 Å². The van der Waals surface area contributed by atoms with E-state index in [1.54, 1.807) is 20.8 Å². The quantitative estimate of drug-likeness (QED) is 0.0172. The first-order chi connectivity index (χ1) is 64.2. The minimum atomic E-state index is -0.458. The van der Waals surface area contributed by atoms with Crippen LogP contribution in [0.2, 0.25) is 0 Å². The van der Waals surface area contributed by atoms with Crippen LogP contribution in [0.3, 0.4) is 0 Å². The molecule has 0 aromatic heterocycles. The number of aliphatic hydroxyl groups is 1. The van der Waals surface area contributed by atoms with E-state index in [2.05, 4.69) is 96.0 Å². The van der Waals surface area contributed by atoms with Gasteiger partial charge in [0.1, 0.15) is 69.2 Å². The van der Waals surface area contributed by atoms with Crippen molar-refractivity contribution < 1.29 is 52.6 Å². The molecule has 0 saturated carbocycles. The van der Waals surface area contributed by atoms with Crippen molar-refractivity contribution in [3.05, 3.63) is 152 Å². The number of hydrogen-bond acceptors (Lipinski definition) is 11. The third-order valence-electron chi connectivity index (χ3n) is 27.1. The molecule has 11 heteroatoms. The largest absolute Gasteiger partial charge is 0.491 e. The van der Waals surface area contributed by atoms with Gasteiger partial charge in [0.25, 0.3) is 0 Å². The summed E-state index contributed by atoms with van der Waals surface area (Å²) >= 11 is 0. The first-order valence-electron chi connectivity index (χ1n) is 55.4. The number of rotatable bonds is 86. The third kappa shape index (κ3) is 54.9. The van der Waals surface area contributed by atoms with Crippen LogP contribution in [0.4, 0.5) is 0 Å². The summed E-state index contributed by atoms with van der Waals surface area (Å²) in [6, 6.07) is 19.1. The van der Waals surface area contributed by atoms with Crippen LogP contribution in [0.5, 0.6) is 23.0 Å². The zero-order chi connectivity index (χ0) is 93.9. The van der Waals surface area contributed by atoms with Crippen molar-refractivity contribution in [1.82, 2.24) is 0 Å². The Kier molecular flexibility index (Phi) is 68.4. The van der Waals surface area contributed by atoms with Crippen molar-refractivity contribution in [1.29, 1.82) is 0 Å². The van der Waals surface area contributed by atoms with Crippen molar-refractivity contribution in [3.63, 3.8) is 0 Å². The Hall–Kier alpha value is -6.33. The maximum atomic E-state index is 13.2. The molecule has 0 heterocycles. The minimum Gasteiger partial charge on any atom is -0.491 e. The molecule has 4 aromatic carbocycles. The fraction of sp³-hybridized carbons (Fsp3) is 0.725. The van der Waals surface area contributed by atoms with Gasteiger partial charge in [0.15, 0.2) is 0 Å². The zero-order valence-electron chi connectivity index (χ0n) is 85.8. The first-order valence-corrected chi connectivity index (χ1v) is 55.4. The van der Waals surface area contributed by atoms with Gasteiger partial charge in [0.2, 0.25) is 0 Å². The minimum absolute atomic E-state index is 0.0256. The average molecular weight is 1810 g/mol. The van der Waals surface area contributed by atoms with Crippen LogP contribution in [-0.2, 0) is 80.0 Å². The number of aliphatic hydroxyl groups excluding tert-OH is 1. The van der Waals surface area contributed by atoms with E-state index in [1.807, 2.05) is 0 Å². The molecule has 0 spiro atoms. The second-order valence-electron chi connectivity index (χ2n) is 39.8. The number of ether oxygens (including phenoxy) is 7. The number of unbranched alkanes of at least 4 members (excludes halogenated alkanes) is 60. The van der Waals surface area contributed by atoms with Crippen LogP contribution in [0.1, 0.15) is 526 Å². The summed E-state index contributed by atoms with van der Waals surface area (Å²) in [4.78, 5) is 39.6. The molecule has 0 aliphatic heterocycles. The van der Waals surface area contributed by atoms with Crippen molar-refractivity contribution in [2.75, 3.05) is 52.9 Å². The molecule has 1 aliphatic rings. The Labute approximate surface area is 804 Å². The monoisotopic (exact) mass is 1810 g/mol. The fourth-order valence-electron chi connectivity index (χ4n) is 19.4. The number of benzene rings is 4. The number of esters is 3. The second-order valence-corrected chi connectivity index (χ2v) is 39.8. The maximum Gasteiger partial charge on any atom is 0.333 e. The SMILES string of the molecule is C=C(C)C(=O)OCCOc1c2cc(CCCCCCCCCCCCCCCCCC)cc1Cc1cc(CCCCCCCCCCCCCCCCCC)cc(c1OCCOC(=O)C(=C)C)Cc1cc(CCCCCCCCCCCCCCCCCC)cc(c1OCCOC(=O)C(=C)C)Cc1cc(CCCCCCCCCCCCCCCCCC)cc(c1OCCO)C2. The lowest BCUT2D eigenvalue weighted by molar-refractivity contribution is -0.140. The van der Waals surface area contributed by atoms with E-state index in [1.165, 1.54) is 382 Å². The van der Waals surface area contributed by atoms with Gasteiger partial charge in [-0.05, 0) is 139 Å². The third-order valence-corrected chi connectivity index (χ3v) is 27.1. The summed E-state index contributed by atoms with van der Waals surface area (Å²) in [7, 11) is 0. The van der Waals surface area contributed by atoms with Crippen molar-refractivity contribution in [3.8, 4) is 23.0 Å². The molecule has 0 fully saturated rings. The van der Waals surface area contributed by atoms with Crippen molar-refractivity contribution in [2.45, 2.75) is 511 Å². The number of fused-ring (bicyclic) bond motifs is 8. The predicted octanol–water partition coefficient (Wildman–Crippen LogP) is 34.4. The first kappa shape index (κ1) is 115. The normalized spacial score (nSPS) is 11.9. The smallest absolute Gasteiger partial charge is 0.333 e. The highest BCUT2D eigenvalue weighted by molar-refractivity contribution is 5.87. The average Bonchev–Trinajstić information content (AvgIpc) is 0.771. The van der Waals surface area contributed by atoms with Crippen LogP contribution in [-0.4, -0.2) is 75.9 Å². The van der Waals surface area contributed by atoms with Crippen LogP contribution in [0, 0.1) is 0 Å². The highest BCUT2D eigenvalue weighted by atomic mass is 16.6. The van der Waals surface area contributed by atoms with E-state index >= 15 is 0 Å². The molecule has 5 rings (SSSR count). The summed E-state index contributed by atoms with van der Waals surface area (Å²) < 4.78 is 46.4. The van der Waals surface area contributed by atoms with Crippen molar-refractivity contribution in [2.24, 2.45) is 0 Å². The van der Waals surface area contributed by atoms with E-state index in [4.69, 9.17) is 33.2 Å². The van der Waals surface area contributed by atoms with Crippen LogP contribution >= 0.6 is 0 Å². The summed E-state index contributed by atoms with van der Waals surface area (Å²) in [5.74, 6) is 1.62. The molecule has 1 aliphatic carbocycles. The number of carbonyl (C=O) groups excluding carboxylic acids is 3. The van der Waals surface area contributed by atoms with E-state index < -0.39 is 17.9 Å². The Morgan fingerprint density at radius 3 is 0.496 bits per heavy atom. The standard InChI is InChI=1S/C120H196O11/c1-11-15-19-23-27-31-35-39-43-47-51-55-59-63-67-71-75-102-87-106-95-108-89-103(76-72-68-64-60-56-52-48-44-40-36-32-28-24-20-16-12-2)91-110(115(108)126-81-84-129-118(122)99(5)6)97-112-93-105(78-74-70-66-62-58-54-50-46-42-38-34-30-26-22-18-14-4)94-113(117(112)128-83-86-131-120(124)101(9)10)98-111-92-104(77-73-69-65-61-57-53-49-45-41-37-33-29-25-21-17-13-3)90-109(96-107(88-102)114(106)125-80-79-121)116(111)127-82-85-130-119(123)100(7)8/h87-94,121H,5,7,9,11-86,95-98H2,1-4,6,8,10H3. The molecule has 0 radical (unpaired) electrons. The number of aryl methyl sites for hydroxylation is 4. The van der Waals surface area contributed by atoms with Gasteiger partial charge in [-0.2, -0.15) is 0 Å².